The van der Waals surface area contributed by atoms with Crippen molar-refractivity contribution in [2.75, 3.05) is 13.2 Å². The zero-order valence-corrected chi connectivity index (χ0v) is 15.7. The Morgan fingerprint density at radius 2 is 1.44 bits per heavy atom. The summed E-state index contributed by atoms with van der Waals surface area (Å²) in [4.78, 5) is 24.6. The van der Waals surface area contributed by atoms with E-state index in [-0.39, 0.29) is 6.61 Å². The molecule has 1 aromatic carbocycles. The summed E-state index contributed by atoms with van der Waals surface area (Å²) in [6, 6.07) is 9.85. The number of esters is 2. The van der Waals surface area contributed by atoms with E-state index in [0.29, 0.717) is 19.4 Å². The molecule has 0 N–H and O–H groups in total. The molecule has 1 unspecified atom stereocenters. The van der Waals surface area contributed by atoms with Gasteiger partial charge in [-0.25, -0.2) is 0 Å². The molecule has 0 aromatic heterocycles. The third-order valence-corrected chi connectivity index (χ3v) is 4.14. The van der Waals surface area contributed by atoms with Gasteiger partial charge in [-0.15, -0.1) is 0 Å². The van der Waals surface area contributed by atoms with Gasteiger partial charge in [-0.1, -0.05) is 76.3 Å². The van der Waals surface area contributed by atoms with Gasteiger partial charge in [0.2, 0.25) is 0 Å². The third-order valence-electron chi connectivity index (χ3n) is 4.14. The van der Waals surface area contributed by atoms with Crippen molar-refractivity contribution >= 4 is 11.9 Å². The van der Waals surface area contributed by atoms with E-state index in [2.05, 4.69) is 13.8 Å². The minimum absolute atomic E-state index is 0.288. The molecule has 0 aliphatic carbocycles. The molecular weight excluding hydrogens is 316 g/mol. The summed E-state index contributed by atoms with van der Waals surface area (Å²) in [5.41, 5.74) is 1.11. The highest BCUT2D eigenvalue weighted by atomic mass is 16.6. The van der Waals surface area contributed by atoms with Crippen LogP contribution >= 0.6 is 0 Å². The molecule has 1 aromatic rings. The normalized spacial score (nSPS) is 11.8. The molecule has 0 spiro atoms. The summed E-state index contributed by atoms with van der Waals surface area (Å²) in [6.07, 6.45) is 6.96. The topological polar surface area (TPSA) is 52.6 Å². The average Bonchev–Trinajstić information content (AvgIpc) is 2.63. The van der Waals surface area contributed by atoms with Crippen LogP contribution in [0.1, 0.15) is 64.4 Å². The zero-order valence-electron chi connectivity index (χ0n) is 15.7. The molecule has 0 amide bonds. The summed E-state index contributed by atoms with van der Waals surface area (Å²) in [7, 11) is 0. The van der Waals surface area contributed by atoms with Crippen LogP contribution in [0.15, 0.2) is 30.3 Å². The fraction of sp³-hybridized carbons (Fsp3) is 0.619. The second-order valence-corrected chi connectivity index (χ2v) is 6.33. The van der Waals surface area contributed by atoms with Gasteiger partial charge in [0.1, 0.15) is 0 Å². The Kier molecular flexibility index (Phi) is 11.4. The van der Waals surface area contributed by atoms with Crippen LogP contribution in [0.5, 0.6) is 0 Å². The third kappa shape index (κ3) is 9.28. The standard InChI is InChI=1S/C21H32O4/c1-3-5-8-14-19(20(22)24-16-11-6-4-2)21(23)25-17-15-18-12-9-7-10-13-18/h7,9-10,12-13,19H,3-6,8,11,14-17H2,1-2H3. The first-order valence-electron chi connectivity index (χ1n) is 9.56. The lowest BCUT2D eigenvalue weighted by Crippen LogP contribution is -2.29. The van der Waals surface area contributed by atoms with E-state index in [9.17, 15) is 9.59 Å². The van der Waals surface area contributed by atoms with Gasteiger partial charge in [0, 0.05) is 6.42 Å². The van der Waals surface area contributed by atoms with E-state index in [1.807, 2.05) is 30.3 Å². The summed E-state index contributed by atoms with van der Waals surface area (Å²) in [5, 5.41) is 0. The van der Waals surface area contributed by atoms with Gasteiger partial charge in [0.15, 0.2) is 5.92 Å². The number of carbonyl (C=O) groups excluding carboxylic acids is 2. The smallest absolute Gasteiger partial charge is 0.320 e. The van der Waals surface area contributed by atoms with Gasteiger partial charge in [-0.05, 0) is 18.4 Å². The lowest BCUT2D eigenvalue weighted by Gasteiger charge is -2.15. The van der Waals surface area contributed by atoms with Gasteiger partial charge in [-0.3, -0.25) is 9.59 Å². The summed E-state index contributed by atoms with van der Waals surface area (Å²) in [5.74, 6) is -1.67. The monoisotopic (exact) mass is 348 g/mol. The van der Waals surface area contributed by atoms with Crippen molar-refractivity contribution in [2.45, 2.75) is 65.2 Å². The number of hydrogen-bond acceptors (Lipinski definition) is 4. The highest BCUT2D eigenvalue weighted by Gasteiger charge is 2.29. The van der Waals surface area contributed by atoms with E-state index in [1.165, 1.54) is 0 Å². The molecule has 1 atom stereocenters. The van der Waals surface area contributed by atoms with Crippen LogP contribution in [-0.2, 0) is 25.5 Å². The van der Waals surface area contributed by atoms with Crippen LogP contribution in [0.3, 0.4) is 0 Å². The van der Waals surface area contributed by atoms with E-state index in [4.69, 9.17) is 9.47 Å². The summed E-state index contributed by atoms with van der Waals surface area (Å²) < 4.78 is 10.6. The van der Waals surface area contributed by atoms with Crippen molar-refractivity contribution in [3.8, 4) is 0 Å². The van der Waals surface area contributed by atoms with Gasteiger partial charge in [0.25, 0.3) is 0 Å². The Balaban J connectivity index is 2.45. The highest BCUT2D eigenvalue weighted by molar-refractivity contribution is 5.94. The Bertz CT molecular complexity index is 484. The van der Waals surface area contributed by atoms with Crippen molar-refractivity contribution in [2.24, 2.45) is 5.92 Å². The Morgan fingerprint density at radius 3 is 2.08 bits per heavy atom. The number of hydrogen-bond donors (Lipinski definition) is 0. The molecule has 4 nitrogen and oxygen atoms in total. The number of ether oxygens (including phenoxy) is 2. The average molecular weight is 348 g/mol. The molecular formula is C21H32O4. The molecule has 0 saturated heterocycles. The van der Waals surface area contributed by atoms with Gasteiger partial charge < -0.3 is 9.47 Å². The fourth-order valence-electron chi connectivity index (χ4n) is 2.57. The molecule has 0 radical (unpaired) electrons. The van der Waals surface area contributed by atoms with E-state index >= 15 is 0 Å². The van der Waals surface area contributed by atoms with Crippen LogP contribution in [0.2, 0.25) is 0 Å². The van der Waals surface area contributed by atoms with Crippen LogP contribution in [0.4, 0.5) is 0 Å². The minimum atomic E-state index is -0.788. The first-order valence-corrected chi connectivity index (χ1v) is 9.56. The maximum Gasteiger partial charge on any atom is 0.320 e. The van der Waals surface area contributed by atoms with Crippen LogP contribution < -0.4 is 0 Å². The van der Waals surface area contributed by atoms with Gasteiger partial charge >= 0.3 is 11.9 Å². The largest absolute Gasteiger partial charge is 0.465 e. The second kappa shape index (κ2) is 13.5. The highest BCUT2D eigenvalue weighted by Crippen LogP contribution is 2.15. The first-order chi connectivity index (χ1) is 12.2. The lowest BCUT2D eigenvalue weighted by atomic mass is 10.0. The summed E-state index contributed by atoms with van der Waals surface area (Å²) in [6.45, 7) is 4.86. The molecule has 25 heavy (non-hydrogen) atoms. The second-order valence-electron chi connectivity index (χ2n) is 6.33. The van der Waals surface area contributed by atoms with Crippen molar-refractivity contribution in [3.05, 3.63) is 35.9 Å². The van der Waals surface area contributed by atoms with Crippen molar-refractivity contribution in [3.63, 3.8) is 0 Å². The Morgan fingerprint density at radius 1 is 0.840 bits per heavy atom. The maximum atomic E-state index is 12.3. The molecule has 0 bridgehead atoms. The van der Waals surface area contributed by atoms with Crippen molar-refractivity contribution in [1.82, 2.24) is 0 Å². The zero-order chi connectivity index (χ0) is 18.3. The van der Waals surface area contributed by atoms with E-state index < -0.39 is 17.9 Å². The Labute approximate surface area is 151 Å². The number of rotatable bonds is 13. The predicted molar refractivity (Wildman–Crippen MR) is 99.2 cm³/mol. The lowest BCUT2D eigenvalue weighted by molar-refractivity contribution is -0.162. The molecule has 1 rings (SSSR count). The van der Waals surface area contributed by atoms with Crippen LogP contribution in [-0.4, -0.2) is 25.2 Å². The molecule has 0 fully saturated rings. The van der Waals surface area contributed by atoms with Crippen molar-refractivity contribution in [1.29, 1.82) is 0 Å². The van der Waals surface area contributed by atoms with Gasteiger partial charge in [-0.2, -0.15) is 0 Å². The predicted octanol–water partition coefficient (Wildman–Crippen LogP) is 4.70. The van der Waals surface area contributed by atoms with E-state index in [1.54, 1.807) is 0 Å². The number of carbonyl (C=O) groups is 2. The maximum absolute atomic E-state index is 12.3. The Hall–Kier alpha value is -1.84. The molecule has 0 heterocycles. The SMILES string of the molecule is CCCCCOC(=O)C(CCCCC)C(=O)OCCc1ccccc1. The molecule has 0 saturated carbocycles. The number of unbranched alkanes of at least 4 members (excludes halogenated alkanes) is 4. The quantitative estimate of drug-likeness (QED) is 0.294. The number of benzene rings is 1. The molecule has 140 valence electrons. The van der Waals surface area contributed by atoms with Gasteiger partial charge in [0.05, 0.1) is 13.2 Å². The molecule has 0 aliphatic heterocycles. The van der Waals surface area contributed by atoms with E-state index in [0.717, 1.165) is 44.1 Å². The minimum Gasteiger partial charge on any atom is -0.465 e. The van der Waals surface area contributed by atoms with Crippen LogP contribution in [0, 0.1) is 5.92 Å². The van der Waals surface area contributed by atoms with Crippen LogP contribution in [0.25, 0.3) is 0 Å². The first kappa shape index (κ1) is 21.2. The summed E-state index contributed by atoms with van der Waals surface area (Å²) >= 11 is 0. The molecule has 0 aliphatic rings. The molecule has 4 heteroatoms. The fourth-order valence-corrected chi connectivity index (χ4v) is 2.57. The van der Waals surface area contributed by atoms with Crippen molar-refractivity contribution < 1.29 is 19.1 Å².